The maximum absolute atomic E-state index is 14.4. The number of aromatic nitrogens is 3. The van der Waals surface area contributed by atoms with E-state index in [1.807, 2.05) is 19.9 Å². The molecule has 4 aromatic rings. The van der Waals surface area contributed by atoms with Gasteiger partial charge in [-0.3, -0.25) is 14.4 Å². The number of fused-ring (bicyclic) bond motifs is 1. The third-order valence-corrected chi connectivity index (χ3v) is 9.28. The van der Waals surface area contributed by atoms with Gasteiger partial charge in [-0.05, 0) is 50.2 Å². The number of amides is 1. The van der Waals surface area contributed by atoms with E-state index < -0.39 is 27.6 Å². The number of hydrogen-bond acceptors (Lipinski definition) is 8. The van der Waals surface area contributed by atoms with Gasteiger partial charge in [0.05, 0.1) is 35.0 Å². The Morgan fingerprint density at radius 1 is 1.00 bits per heavy atom. The topological polar surface area (TPSA) is 107 Å². The molecule has 0 spiro atoms. The molecule has 0 bridgehead atoms. The van der Waals surface area contributed by atoms with E-state index in [4.69, 9.17) is 9.47 Å². The number of halogens is 2. The fourth-order valence-electron chi connectivity index (χ4n) is 4.25. The van der Waals surface area contributed by atoms with Crippen LogP contribution in [0, 0.1) is 25.5 Å². The average Bonchev–Trinajstić information content (AvgIpc) is 3.50. The first-order valence-corrected chi connectivity index (χ1v) is 15.0. The summed E-state index contributed by atoms with van der Waals surface area (Å²) >= 11 is 0.986. The molecule has 0 aliphatic rings. The van der Waals surface area contributed by atoms with Crippen molar-refractivity contribution < 1.29 is 31.5 Å². The molecule has 2 aromatic carbocycles. The standard InChI is InChI=1S/C27H31F2N5O5S2/c1-18-15-19(2)34(31-18)10-9-33(27-30-25-23(29)16-21(28)17-24(25)40-27)26(35)20-5-7-22(8-6-20)41(36,37)32(11-13-38-3)12-14-39-4/h5-8,15-17H,9-14H2,1-4H3. The maximum atomic E-state index is 14.4. The van der Waals surface area contributed by atoms with Crippen LogP contribution in [0.15, 0.2) is 47.4 Å². The van der Waals surface area contributed by atoms with Gasteiger partial charge in [0.2, 0.25) is 10.0 Å². The SMILES string of the molecule is COCCN(CCOC)S(=O)(=O)c1ccc(C(=O)N(CCn2nc(C)cc2C)c2nc3c(F)cc(F)cc3s2)cc1. The quantitative estimate of drug-likeness (QED) is 0.226. The molecule has 0 atom stereocenters. The maximum Gasteiger partial charge on any atom is 0.260 e. The molecule has 2 aromatic heterocycles. The number of rotatable bonds is 13. The lowest BCUT2D eigenvalue weighted by molar-refractivity contribution is 0.0985. The van der Waals surface area contributed by atoms with E-state index in [9.17, 15) is 22.0 Å². The van der Waals surface area contributed by atoms with E-state index in [-0.39, 0.29) is 58.7 Å². The van der Waals surface area contributed by atoms with Crippen LogP contribution in [-0.2, 0) is 26.0 Å². The van der Waals surface area contributed by atoms with Crippen molar-refractivity contribution in [2.75, 3.05) is 52.0 Å². The Labute approximate surface area is 241 Å². The van der Waals surface area contributed by atoms with Crippen molar-refractivity contribution in [3.8, 4) is 0 Å². The third kappa shape index (κ3) is 6.96. The van der Waals surface area contributed by atoms with Gasteiger partial charge in [-0.15, -0.1) is 0 Å². The van der Waals surface area contributed by atoms with Gasteiger partial charge in [-0.2, -0.15) is 9.40 Å². The van der Waals surface area contributed by atoms with Crippen LogP contribution in [0.2, 0.25) is 0 Å². The number of hydrogen-bond donors (Lipinski definition) is 0. The Balaban J connectivity index is 1.65. The Morgan fingerprint density at radius 3 is 2.24 bits per heavy atom. The molecule has 220 valence electrons. The van der Waals surface area contributed by atoms with Crippen LogP contribution in [0.1, 0.15) is 21.7 Å². The van der Waals surface area contributed by atoms with E-state index in [0.29, 0.717) is 6.54 Å². The molecular formula is C27H31F2N5O5S2. The predicted molar refractivity (Wildman–Crippen MR) is 152 cm³/mol. The Bertz CT molecular complexity index is 1620. The predicted octanol–water partition coefficient (Wildman–Crippen LogP) is 4.02. The van der Waals surface area contributed by atoms with Crippen LogP contribution in [0.25, 0.3) is 10.2 Å². The highest BCUT2D eigenvalue weighted by Gasteiger charge is 2.26. The molecule has 0 aliphatic heterocycles. The summed E-state index contributed by atoms with van der Waals surface area (Å²) in [4.78, 5) is 19.4. The third-order valence-electron chi connectivity index (χ3n) is 6.35. The smallest absolute Gasteiger partial charge is 0.260 e. The minimum atomic E-state index is -3.89. The monoisotopic (exact) mass is 607 g/mol. The zero-order valence-electron chi connectivity index (χ0n) is 23.1. The summed E-state index contributed by atoms with van der Waals surface area (Å²) in [5.41, 5.74) is 1.88. The molecule has 0 aliphatic carbocycles. The highest BCUT2D eigenvalue weighted by atomic mass is 32.2. The first-order valence-electron chi connectivity index (χ1n) is 12.7. The van der Waals surface area contributed by atoms with Crippen LogP contribution >= 0.6 is 11.3 Å². The van der Waals surface area contributed by atoms with Gasteiger partial charge in [0, 0.05) is 51.2 Å². The number of sulfonamides is 1. The fraction of sp³-hybridized carbons (Fsp3) is 0.370. The van der Waals surface area contributed by atoms with Gasteiger partial charge in [0.25, 0.3) is 5.91 Å². The first kappa shape index (κ1) is 30.7. The number of aryl methyl sites for hydroxylation is 2. The van der Waals surface area contributed by atoms with Gasteiger partial charge in [0.1, 0.15) is 11.3 Å². The van der Waals surface area contributed by atoms with Crippen molar-refractivity contribution >= 4 is 42.6 Å². The fourth-order valence-corrected chi connectivity index (χ4v) is 6.69. The van der Waals surface area contributed by atoms with Crippen molar-refractivity contribution in [3.63, 3.8) is 0 Å². The second-order valence-electron chi connectivity index (χ2n) is 9.25. The van der Waals surface area contributed by atoms with Crippen molar-refractivity contribution in [1.82, 2.24) is 19.1 Å². The van der Waals surface area contributed by atoms with E-state index in [2.05, 4.69) is 10.1 Å². The summed E-state index contributed by atoms with van der Waals surface area (Å²) in [7, 11) is -0.917. The number of carbonyl (C=O) groups excluding carboxylic acids is 1. The largest absolute Gasteiger partial charge is 0.383 e. The molecule has 1 amide bonds. The number of nitrogens with zero attached hydrogens (tertiary/aromatic N) is 5. The molecular weight excluding hydrogens is 576 g/mol. The van der Waals surface area contributed by atoms with E-state index in [1.165, 1.54) is 53.8 Å². The van der Waals surface area contributed by atoms with Gasteiger partial charge < -0.3 is 9.47 Å². The van der Waals surface area contributed by atoms with Gasteiger partial charge in [-0.1, -0.05) is 11.3 Å². The lowest BCUT2D eigenvalue weighted by Crippen LogP contribution is -2.36. The van der Waals surface area contributed by atoms with Crippen LogP contribution in [0.5, 0.6) is 0 Å². The Kier molecular flexibility index (Phi) is 9.81. The summed E-state index contributed by atoms with van der Waals surface area (Å²) < 4.78 is 68.2. The minimum Gasteiger partial charge on any atom is -0.383 e. The van der Waals surface area contributed by atoms with Gasteiger partial charge in [0.15, 0.2) is 10.9 Å². The molecule has 41 heavy (non-hydrogen) atoms. The number of methoxy groups -OCH3 is 2. The van der Waals surface area contributed by atoms with Crippen molar-refractivity contribution in [3.05, 3.63) is 71.1 Å². The Morgan fingerprint density at radius 2 is 1.66 bits per heavy atom. The van der Waals surface area contributed by atoms with E-state index in [1.54, 1.807) is 4.68 Å². The number of benzene rings is 2. The number of ether oxygens (including phenoxy) is 2. The Hall–Kier alpha value is -3.30. The van der Waals surface area contributed by atoms with Crippen LogP contribution in [0.4, 0.5) is 13.9 Å². The normalized spacial score (nSPS) is 12.0. The summed E-state index contributed by atoms with van der Waals surface area (Å²) in [5, 5.41) is 4.62. The number of carbonyl (C=O) groups is 1. The first-order chi connectivity index (χ1) is 19.5. The highest BCUT2D eigenvalue weighted by Crippen LogP contribution is 2.32. The lowest BCUT2D eigenvalue weighted by Gasteiger charge is -2.22. The van der Waals surface area contributed by atoms with Crippen LogP contribution in [-0.4, -0.2) is 80.5 Å². The summed E-state index contributed by atoms with van der Waals surface area (Å²) in [6.45, 7) is 4.88. The lowest BCUT2D eigenvalue weighted by atomic mass is 10.2. The average molecular weight is 608 g/mol. The molecule has 0 radical (unpaired) electrons. The van der Waals surface area contributed by atoms with E-state index >= 15 is 0 Å². The zero-order chi connectivity index (χ0) is 29.7. The zero-order valence-corrected chi connectivity index (χ0v) is 24.8. The second-order valence-corrected chi connectivity index (χ2v) is 12.2. The summed E-state index contributed by atoms with van der Waals surface area (Å²) in [6.07, 6.45) is 0. The second kappa shape index (κ2) is 13.1. The van der Waals surface area contributed by atoms with Gasteiger partial charge in [-0.25, -0.2) is 22.2 Å². The van der Waals surface area contributed by atoms with Crippen molar-refractivity contribution in [2.24, 2.45) is 0 Å². The summed E-state index contributed by atoms with van der Waals surface area (Å²) in [5.74, 6) is -2.05. The molecule has 14 heteroatoms. The highest BCUT2D eigenvalue weighted by molar-refractivity contribution is 7.89. The minimum absolute atomic E-state index is 0.00739. The van der Waals surface area contributed by atoms with Gasteiger partial charge >= 0.3 is 0 Å². The molecule has 2 heterocycles. The molecule has 0 N–H and O–H groups in total. The molecule has 0 fully saturated rings. The van der Waals surface area contributed by atoms with Crippen LogP contribution < -0.4 is 4.90 Å². The number of thiazole rings is 1. The molecule has 0 unspecified atom stereocenters. The molecule has 0 saturated heterocycles. The van der Waals surface area contributed by atoms with Crippen LogP contribution in [0.3, 0.4) is 0 Å². The summed E-state index contributed by atoms with van der Waals surface area (Å²) in [6, 6.07) is 9.39. The number of anilines is 1. The molecule has 10 nitrogen and oxygen atoms in total. The van der Waals surface area contributed by atoms with Crippen molar-refractivity contribution in [2.45, 2.75) is 25.3 Å². The molecule has 4 rings (SSSR count). The van der Waals surface area contributed by atoms with E-state index in [0.717, 1.165) is 28.8 Å². The molecule has 0 saturated carbocycles. The van der Waals surface area contributed by atoms with Crippen molar-refractivity contribution in [1.29, 1.82) is 0 Å².